The molecule has 24 atom stereocenters. The highest BCUT2D eigenvalue weighted by Gasteiger charge is 2.69. The highest BCUT2D eigenvalue weighted by Crippen LogP contribution is 2.51. The molecule has 0 radical (unpaired) electrons. The van der Waals surface area contributed by atoms with Crippen molar-refractivity contribution in [1.29, 1.82) is 0 Å². The lowest BCUT2D eigenvalue weighted by molar-refractivity contribution is -0.200. The van der Waals surface area contributed by atoms with Crippen LogP contribution in [0.1, 0.15) is 52.4 Å². The quantitative estimate of drug-likeness (QED) is 0.0500. The predicted octanol–water partition coefficient (Wildman–Crippen LogP) is -4.01. The van der Waals surface area contributed by atoms with Crippen LogP contribution in [0.2, 0.25) is 0 Å². The highest BCUT2D eigenvalue weighted by atomic mass is 16.7. The second-order valence-corrected chi connectivity index (χ2v) is 22.6. The average molecular weight is 1170 g/mol. The van der Waals surface area contributed by atoms with E-state index in [4.69, 9.17) is 75.8 Å². The van der Waals surface area contributed by atoms with Gasteiger partial charge < -0.3 is 86.0 Å². The van der Waals surface area contributed by atoms with Gasteiger partial charge in [0.15, 0.2) is 47.3 Å². The first-order chi connectivity index (χ1) is 39.9. The van der Waals surface area contributed by atoms with Gasteiger partial charge in [-0.25, -0.2) is 0 Å². The van der Waals surface area contributed by atoms with E-state index in [1.54, 1.807) is 0 Å². The number of ether oxygens (including phenoxy) is 16. The fourth-order valence-electron chi connectivity index (χ4n) is 14.6. The lowest BCUT2D eigenvalue weighted by Crippen LogP contribution is -2.52. The summed E-state index contributed by atoms with van der Waals surface area (Å²) in [5.74, 6) is -0.334. The number of hydrogen-bond acceptors (Lipinski definition) is 30. The van der Waals surface area contributed by atoms with Gasteiger partial charge in [-0.05, 0) is 44.4 Å². The van der Waals surface area contributed by atoms with Crippen molar-refractivity contribution in [1.82, 2.24) is 21.3 Å². The Morgan fingerprint density at radius 2 is 0.756 bits per heavy atom. The second-order valence-electron chi connectivity index (χ2n) is 22.6. The zero-order valence-corrected chi connectivity index (χ0v) is 45.6. The largest absolute Gasteiger partial charge is 0.465 e. The molecule has 4 unspecified atom stereocenters. The molecule has 30 heteroatoms. The van der Waals surface area contributed by atoms with Crippen LogP contribution in [0, 0.1) is 35.5 Å². The summed E-state index contributed by atoms with van der Waals surface area (Å²) in [5.41, 5.74) is -3.73. The van der Waals surface area contributed by atoms with E-state index in [0.29, 0.717) is 104 Å². The van der Waals surface area contributed by atoms with Gasteiger partial charge in [-0.15, -0.1) is 0 Å². The summed E-state index contributed by atoms with van der Waals surface area (Å²) in [6, 6.07) is 0. The number of carbonyl (C=O) groups excluding carboxylic acids is 8. The smallest absolute Gasteiger partial charge is 0.294 e. The van der Waals surface area contributed by atoms with E-state index in [2.05, 4.69) is 21.3 Å². The topological polar surface area (TPSA) is 373 Å². The van der Waals surface area contributed by atoms with E-state index in [9.17, 15) is 48.6 Å². The monoisotopic (exact) mass is 1170 g/mol. The molecule has 6 N–H and O–H groups in total. The van der Waals surface area contributed by atoms with Crippen LogP contribution in [0.15, 0.2) is 0 Å². The Labute approximate surface area is 471 Å². The molecule has 30 nitrogen and oxygen atoms in total. The Morgan fingerprint density at radius 1 is 0.402 bits per heavy atom. The zero-order valence-electron chi connectivity index (χ0n) is 45.6. The molecule has 0 aromatic carbocycles. The molecular formula is C52H76N4O26. The lowest BCUT2D eigenvalue weighted by Gasteiger charge is -2.36. The van der Waals surface area contributed by atoms with Crippen LogP contribution >= 0.6 is 0 Å². The number of nitrogens with one attached hydrogen (secondary N) is 4. The third-order valence-electron chi connectivity index (χ3n) is 18.5. The fourth-order valence-corrected chi connectivity index (χ4v) is 14.6. The molecule has 12 aliphatic rings. The first-order valence-corrected chi connectivity index (χ1v) is 28.0. The maximum absolute atomic E-state index is 10.7. The summed E-state index contributed by atoms with van der Waals surface area (Å²) in [6.07, 6.45) is -0.257. The Balaban J connectivity index is 0.000000132. The Bertz CT molecular complexity index is 2180. The molecule has 12 saturated heterocycles. The molecule has 82 heavy (non-hydrogen) atoms. The summed E-state index contributed by atoms with van der Waals surface area (Å²) in [6.45, 7) is 11.3. The average Bonchev–Trinajstić information content (AvgIpc) is 3.94. The van der Waals surface area contributed by atoms with Crippen molar-refractivity contribution in [2.45, 2.75) is 161 Å². The summed E-state index contributed by atoms with van der Waals surface area (Å²) in [4.78, 5) is 84.9. The molecule has 12 heterocycles. The fraction of sp³-hybridized carbons (Fsp3) is 0.846. The van der Waals surface area contributed by atoms with Gasteiger partial charge in [0, 0.05) is 75.6 Å². The lowest BCUT2D eigenvalue weighted by atomic mass is 9.84. The number of carbonyl (C=O) groups is 8. The van der Waals surface area contributed by atoms with Crippen molar-refractivity contribution in [3.05, 3.63) is 0 Å². The molecule has 12 aliphatic heterocycles. The van der Waals surface area contributed by atoms with Crippen molar-refractivity contribution in [2.75, 3.05) is 79.0 Å². The Hall–Kier alpha value is -4.80. The molecular weight excluding hydrogens is 1100 g/mol. The van der Waals surface area contributed by atoms with E-state index in [-0.39, 0.29) is 98.6 Å². The standard InChI is InChI=1S/C14H21NO7.C13H19NO7.C13H19NO6.C12H17NO6/c1-8-2-3-20-11-9-4-15-13(21-7-17)14(9,5-19-6-16)22-12(11)10(8)18;1-7-3-19-10-8-2-14-12(20-6-16)13(8,4-18-5-15)21-11(10)9(7)17;15-7-17-6-13-9(5-14-12(13)19-8-16)11-10(20-13)3-1-2-4-18-11;14-6-16-5-12-8(4-13-11(12)18-7-15)10-9(19-12)2-1-3-17-10/h6-13,15,18H,2-5H2,1H3;5-12,14,17H,2-4H2,1H3;7-12,14H,1-6H2;6-11,13H,1-5H2/t8-,9?,10-,11+,12+,13+,14-;7-,8?,9-,10+,11+,12+,13-;9?,10-,11-,12-,13+;8?,9-,10-,11-,12+/m1100/s1. The van der Waals surface area contributed by atoms with Gasteiger partial charge in [-0.3, -0.25) is 59.6 Å². The van der Waals surface area contributed by atoms with Gasteiger partial charge in [0.2, 0.25) is 0 Å². The third kappa shape index (κ3) is 11.6. The predicted molar refractivity (Wildman–Crippen MR) is 265 cm³/mol. The minimum absolute atomic E-state index is 0.00972. The van der Waals surface area contributed by atoms with Crippen LogP contribution in [0.25, 0.3) is 0 Å². The number of rotatable bonds is 20. The molecule has 12 fully saturated rings. The van der Waals surface area contributed by atoms with E-state index < -0.39 is 71.7 Å². The van der Waals surface area contributed by atoms with E-state index >= 15 is 0 Å². The molecule has 0 aromatic heterocycles. The van der Waals surface area contributed by atoms with Crippen molar-refractivity contribution < 1.29 is 124 Å². The van der Waals surface area contributed by atoms with Gasteiger partial charge >= 0.3 is 0 Å². The van der Waals surface area contributed by atoms with Crippen LogP contribution in [0.4, 0.5) is 0 Å². The first kappa shape index (κ1) is 61.8. The van der Waals surface area contributed by atoms with Crippen LogP contribution < -0.4 is 21.3 Å². The van der Waals surface area contributed by atoms with Crippen molar-refractivity contribution in [2.24, 2.45) is 35.5 Å². The normalized spacial score (nSPS) is 45.8. The number of fused-ring (bicyclic) bond motifs is 12. The maximum Gasteiger partial charge on any atom is 0.294 e. The van der Waals surface area contributed by atoms with Crippen molar-refractivity contribution >= 4 is 51.8 Å². The van der Waals surface area contributed by atoms with Crippen LogP contribution in [0.5, 0.6) is 0 Å². The van der Waals surface area contributed by atoms with Gasteiger partial charge in [0.1, 0.15) is 38.6 Å². The van der Waals surface area contributed by atoms with Gasteiger partial charge in [-0.1, -0.05) is 13.8 Å². The number of hydrogen-bond donors (Lipinski definition) is 6. The second kappa shape index (κ2) is 27.5. The summed E-state index contributed by atoms with van der Waals surface area (Å²) in [5, 5.41) is 33.1. The first-order valence-electron chi connectivity index (χ1n) is 28.0. The number of aliphatic hydroxyl groups excluding tert-OH is 2. The van der Waals surface area contributed by atoms with E-state index in [0.717, 1.165) is 38.5 Å². The highest BCUT2D eigenvalue weighted by molar-refractivity contribution is 5.42. The minimum atomic E-state index is -1.03. The SMILES string of the molecule is C[C@@H]1CCO[C@H]2C3CN[C@@H](OC=O)[C@]3(COC=O)O[C@H]2[C@@H]1O.C[C@@H]1CO[C@H]2C3CN[C@@H](OC=O)[C@]3(COC=O)O[C@H]2[C@@H]1O.O=COC[C@@]12O[C@H]3CCCCO[C@H]3C1CN[C@H]2OC=O.O=COC[C@@]12O[C@H]3CCCO[C@H]3C1CN[C@H]2OC=O. The molecule has 0 amide bonds. The van der Waals surface area contributed by atoms with Crippen molar-refractivity contribution in [3.8, 4) is 0 Å². The maximum atomic E-state index is 10.7. The summed E-state index contributed by atoms with van der Waals surface area (Å²) in [7, 11) is 0. The molecule has 0 aliphatic carbocycles. The Morgan fingerprint density at radius 3 is 1.17 bits per heavy atom. The molecule has 12 rings (SSSR count). The zero-order chi connectivity index (χ0) is 58.1. The van der Waals surface area contributed by atoms with Crippen LogP contribution in [-0.4, -0.2) is 249 Å². The third-order valence-corrected chi connectivity index (χ3v) is 18.5. The summed E-state index contributed by atoms with van der Waals surface area (Å²) < 4.78 is 87.7. The van der Waals surface area contributed by atoms with E-state index in [1.165, 1.54) is 0 Å². The van der Waals surface area contributed by atoms with Crippen LogP contribution in [-0.2, 0) is 114 Å². The molecule has 460 valence electrons. The van der Waals surface area contributed by atoms with E-state index in [1.807, 2.05) is 13.8 Å². The minimum Gasteiger partial charge on any atom is -0.465 e. The Kier molecular flexibility index (Phi) is 20.7. The molecule has 0 bridgehead atoms. The van der Waals surface area contributed by atoms with Crippen LogP contribution in [0.3, 0.4) is 0 Å². The van der Waals surface area contributed by atoms with Crippen molar-refractivity contribution in [3.63, 3.8) is 0 Å². The number of aliphatic hydroxyl groups is 2. The van der Waals surface area contributed by atoms with Gasteiger partial charge in [0.25, 0.3) is 51.8 Å². The summed E-state index contributed by atoms with van der Waals surface area (Å²) >= 11 is 0. The van der Waals surface area contributed by atoms with Gasteiger partial charge in [0.05, 0.1) is 55.4 Å². The molecule has 0 aromatic rings. The molecule has 0 saturated carbocycles. The van der Waals surface area contributed by atoms with Gasteiger partial charge in [-0.2, -0.15) is 0 Å². The molecule has 0 spiro atoms.